The van der Waals surface area contributed by atoms with E-state index in [1.54, 1.807) is 32.9 Å². The summed E-state index contributed by atoms with van der Waals surface area (Å²) in [7, 11) is 0. The van der Waals surface area contributed by atoms with E-state index >= 15 is 0 Å². The molecule has 0 spiro atoms. The van der Waals surface area contributed by atoms with E-state index in [2.05, 4.69) is 10.0 Å². The normalized spacial score (nSPS) is 14.1. The quantitative estimate of drug-likeness (QED) is 0.398. The Kier molecular flexibility index (Phi) is 5.39. The van der Waals surface area contributed by atoms with Crippen LogP contribution in [0.15, 0.2) is 29.4 Å². The molecule has 0 aliphatic carbocycles. The molecule has 1 aromatic carbocycles. The minimum absolute atomic E-state index is 0.219. The molecule has 20 heavy (non-hydrogen) atoms. The predicted molar refractivity (Wildman–Crippen MR) is 75.3 cm³/mol. The van der Waals surface area contributed by atoms with E-state index in [9.17, 15) is 9.90 Å². The molecule has 0 saturated carbocycles. The Hall–Kier alpha value is -1.75. The lowest BCUT2D eigenvalue weighted by atomic mass is 9.88. The number of esters is 1. The first kappa shape index (κ1) is 16.3. The van der Waals surface area contributed by atoms with E-state index in [1.165, 1.54) is 12.1 Å². The number of halogens is 1. The number of ether oxygens (including phenoxy) is 1. The second-order valence-corrected chi connectivity index (χ2v) is 5.76. The Labute approximate surface area is 121 Å². The highest BCUT2D eigenvalue weighted by atomic mass is 35.5. The molecule has 0 heterocycles. The highest BCUT2D eigenvalue weighted by molar-refractivity contribution is 6.30. The summed E-state index contributed by atoms with van der Waals surface area (Å²) in [4.78, 5) is 14.5. The molecule has 6 nitrogen and oxygen atoms in total. The van der Waals surface area contributed by atoms with E-state index in [-0.39, 0.29) is 5.56 Å². The average molecular weight is 298 g/mol. The van der Waals surface area contributed by atoms with Gasteiger partial charge in [0.1, 0.15) is 6.10 Å². The first-order valence-electron chi connectivity index (χ1n) is 5.94. The molecular formula is C13H16ClN3O3. The third-order valence-electron chi connectivity index (χ3n) is 2.61. The smallest absolute Gasteiger partial charge is 0.338 e. The lowest BCUT2D eigenvalue weighted by Gasteiger charge is -2.29. The summed E-state index contributed by atoms with van der Waals surface area (Å²) in [5, 5.41) is 13.8. The van der Waals surface area contributed by atoms with Crippen LogP contribution in [0.1, 0.15) is 31.1 Å². The van der Waals surface area contributed by atoms with Gasteiger partial charge in [-0.2, -0.15) is 0 Å². The third kappa shape index (κ3) is 4.42. The molecule has 0 aliphatic rings. The van der Waals surface area contributed by atoms with Crippen LogP contribution in [0, 0.1) is 5.41 Å². The van der Waals surface area contributed by atoms with E-state index in [0.29, 0.717) is 5.02 Å². The van der Waals surface area contributed by atoms with Crippen molar-refractivity contribution >= 4 is 17.6 Å². The maximum atomic E-state index is 11.9. The largest absolute Gasteiger partial charge is 0.450 e. The number of rotatable bonds is 4. The molecule has 0 radical (unpaired) electrons. The minimum atomic E-state index is -1.30. The number of hydrogen-bond acceptors (Lipinski definition) is 4. The molecule has 1 N–H and O–H groups in total. The summed E-state index contributed by atoms with van der Waals surface area (Å²) in [5.74, 6) is -0.715. The summed E-state index contributed by atoms with van der Waals surface area (Å²) in [6, 6.07) is 6.17. The highest BCUT2D eigenvalue weighted by Crippen LogP contribution is 2.25. The summed E-state index contributed by atoms with van der Waals surface area (Å²) >= 11 is 5.78. The van der Waals surface area contributed by atoms with Crippen molar-refractivity contribution in [2.24, 2.45) is 10.5 Å². The van der Waals surface area contributed by atoms with Gasteiger partial charge in [-0.15, -0.1) is 0 Å². The van der Waals surface area contributed by atoms with Gasteiger partial charge in [-0.3, -0.25) is 0 Å². The maximum Gasteiger partial charge on any atom is 0.338 e. The third-order valence-corrected chi connectivity index (χ3v) is 2.85. The van der Waals surface area contributed by atoms with Crippen molar-refractivity contribution in [3.8, 4) is 0 Å². The second-order valence-electron chi connectivity index (χ2n) is 5.32. The fourth-order valence-corrected chi connectivity index (χ4v) is 1.61. The van der Waals surface area contributed by atoms with Crippen LogP contribution in [0.4, 0.5) is 0 Å². The average Bonchev–Trinajstić information content (AvgIpc) is 2.36. The molecular weight excluding hydrogens is 282 g/mol. The zero-order valence-corrected chi connectivity index (χ0v) is 12.2. The first-order chi connectivity index (χ1) is 9.25. The number of aliphatic hydroxyl groups is 1. The topological polar surface area (TPSA) is 95.3 Å². The standard InChI is InChI=1S/C13H16ClN3O3/c1-13(2,3)10(18)11(16-17-15)20-12(19)8-5-4-6-9(14)7-8/h4-7,10-11,18H,1-3H3. The van der Waals surface area contributed by atoms with Crippen molar-refractivity contribution in [3.63, 3.8) is 0 Å². The molecule has 7 heteroatoms. The summed E-state index contributed by atoms with van der Waals surface area (Å²) in [6.07, 6.45) is -2.42. The Morgan fingerprint density at radius 1 is 1.50 bits per heavy atom. The van der Waals surface area contributed by atoms with Gasteiger partial charge in [-0.25, -0.2) is 4.79 Å². The van der Waals surface area contributed by atoms with Gasteiger partial charge in [0, 0.05) is 9.93 Å². The van der Waals surface area contributed by atoms with Crippen LogP contribution in [0.2, 0.25) is 5.02 Å². The monoisotopic (exact) mass is 297 g/mol. The van der Waals surface area contributed by atoms with Gasteiger partial charge in [0.15, 0.2) is 0 Å². The Balaban J connectivity index is 2.91. The Morgan fingerprint density at radius 2 is 2.15 bits per heavy atom. The number of aliphatic hydroxyl groups excluding tert-OH is 1. The van der Waals surface area contributed by atoms with Crippen LogP contribution < -0.4 is 0 Å². The van der Waals surface area contributed by atoms with Gasteiger partial charge in [-0.05, 0) is 34.3 Å². The van der Waals surface area contributed by atoms with Crippen molar-refractivity contribution in [1.82, 2.24) is 0 Å². The Morgan fingerprint density at radius 3 is 2.65 bits per heavy atom. The highest BCUT2D eigenvalue weighted by Gasteiger charge is 2.32. The molecule has 0 aliphatic heterocycles. The van der Waals surface area contributed by atoms with Crippen molar-refractivity contribution in [2.45, 2.75) is 33.1 Å². The molecule has 0 aromatic heterocycles. The SMILES string of the molecule is CC(C)(C)C(O)C(N=[N+]=[N-])OC(=O)c1cccc(Cl)c1. The lowest BCUT2D eigenvalue weighted by molar-refractivity contribution is -0.0566. The number of hydrogen-bond donors (Lipinski definition) is 1. The summed E-state index contributed by atoms with van der Waals surface area (Å²) in [6.45, 7) is 5.22. The van der Waals surface area contributed by atoms with E-state index in [4.69, 9.17) is 21.9 Å². The summed E-state index contributed by atoms with van der Waals surface area (Å²) in [5.41, 5.74) is 8.13. The fraction of sp³-hybridized carbons (Fsp3) is 0.462. The minimum Gasteiger partial charge on any atom is -0.450 e. The van der Waals surface area contributed by atoms with Gasteiger partial charge in [0.05, 0.1) is 5.56 Å². The van der Waals surface area contributed by atoms with Crippen LogP contribution >= 0.6 is 11.6 Å². The second kappa shape index (κ2) is 6.61. The molecule has 2 unspecified atom stereocenters. The number of benzene rings is 1. The molecule has 0 amide bonds. The van der Waals surface area contributed by atoms with Crippen molar-refractivity contribution < 1.29 is 14.6 Å². The maximum absolute atomic E-state index is 11.9. The van der Waals surface area contributed by atoms with Gasteiger partial charge < -0.3 is 9.84 Å². The van der Waals surface area contributed by atoms with Crippen molar-refractivity contribution in [3.05, 3.63) is 45.3 Å². The number of azide groups is 1. The zero-order chi connectivity index (χ0) is 15.3. The molecule has 1 rings (SSSR count). The van der Waals surface area contributed by atoms with Gasteiger partial charge in [-0.1, -0.05) is 38.4 Å². The van der Waals surface area contributed by atoms with Crippen molar-refractivity contribution in [2.75, 3.05) is 0 Å². The first-order valence-corrected chi connectivity index (χ1v) is 6.32. The fourth-order valence-electron chi connectivity index (χ4n) is 1.42. The van der Waals surface area contributed by atoms with Gasteiger partial charge in [0.2, 0.25) is 6.23 Å². The Bertz CT molecular complexity index is 536. The van der Waals surface area contributed by atoms with Crippen molar-refractivity contribution in [1.29, 1.82) is 0 Å². The van der Waals surface area contributed by atoms with E-state index in [1.807, 2.05) is 0 Å². The number of carbonyl (C=O) groups is 1. The van der Waals surface area contributed by atoms with Crippen LogP contribution in [-0.2, 0) is 4.74 Å². The molecule has 0 bridgehead atoms. The molecule has 0 saturated heterocycles. The van der Waals surface area contributed by atoms with Crippen LogP contribution in [0.25, 0.3) is 10.4 Å². The number of nitrogens with zero attached hydrogens (tertiary/aromatic N) is 3. The molecule has 1 aromatic rings. The molecule has 108 valence electrons. The van der Waals surface area contributed by atoms with Gasteiger partial charge in [0.25, 0.3) is 0 Å². The summed E-state index contributed by atoms with van der Waals surface area (Å²) < 4.78 is 5.05. The lowest BCUT2D eigenvalue weighted by Crippen LogP contribution is -2.39. The van der Waals surface area contributed by atoms with E-state index in [0.717, 1.165) is 0 Å². The van der Waals surface area contributed by atoms with Crippen LogP contribution in [-0.4, -0.2) is 23.4 Å². The van der Waals surface area contributed by atoms with Gasteiger partial charge >= 0.3 is 5.97 Å². The molecule has 0 fully saturated rings. The van der Waals surface area contributed by atoms with E-state index < -0.39 is 23.7 Å². The molecule has 2 atom stereocenters. The van der Waals surface area contributed by atoms with Crippen LogP contribution in [0.3, 0.4) is 0 Å². The predicted octanol–water partition coefficient (Wildman–Crippen LogP) is 3.54. The number of carbonyl (C=O) groups excluding carboxylic acids is 1. The van der Waals surface area contributed by atoms with Crippen LogP contribution in [0.5, 0.6) is 0 Å². The zero-order valence-electron chi connectivity index (χ0n) is 11.4.